The number of nitrogens with zero attached hydrogens (tertiary/aromatic N) is 1. The predicted molar refractivity (Wildman–Crippen MR) is 60.3 cm³/mol. The molecule has 0 aromatic heterocycles. The van der Waals surface area contributed by atoms with Gasteiger partial charge in [0.15, 0.2) is 0 Å². The van der Waals surface area contributed by atoms with E-state index in [4.69, 9.17) is 4.84 Å². The summed E-state index contributed by atoms with van der Waals surface area (Å²) in [6.07, 6.45) is 8.80. The fourth-order valence-electron chi connectivity index (χ4n) is 1.84. The van der Waals surface area contributed by atoms with Crippen LogP contribution < -0.4 is 0 Å². The number of hydrogen-bond donors (Lipinski definition) is 0. The fourth-order valence-corrected chi connectivity index (χ4v) is 1.84. The molecule has 0 saturated carbocycles. The monoisotopic (exact) mass is 213 g/mol. The van der Waals surface area contributed by atoms with Gasteiger partial charge < -0.3 is 4.84 Å². The molecule has 1 heterocycles. The smallest absolute Gasteiger partial charge is 0.325 e. The maximum absolute atomic E-state index is 11.4. The Labute approximate surface area is 92.7 Å². The predicted octanol–water partition coefficient (Wildman–Crippen LogP) is 2.90. The van der Waals surface area contributed by atoms with Crippen LogP contribution >= 0.6 is 0 Å². The Bertz CT molecular complexity index is 176. The van der Waals surface area contributed by atoms with Crippen molar-refractivity contribution in [2.24, 2.45) is 0 Å². The molecule has 0 aromatic rings. The molecular formula is C12H23NO2. The van der Waals surface area contributed by atoms with E-state index in [9.17, 15) is 4.79 Å². The highest BCUT2D eigenvalue weighted by Gasteiger charge is 2.15. The Kier molecular flexibility index (Phi) is 6.41. The summed E-state index contributed by atoms with van der Waals surface area (Å²) in [5.41, 5.74) is 0. The van der Waals surface area contributed by atoms with Gasteiger partial charge in [0.1, 0.15) is 0 Å². The van der Waals surface area contributed by atoms with Crippen LogP contribution in [-0.4, -0.2) is 24.1 Å². The SMILES string of the molecule is CCCCCCCC(=O)ON1CCCC1. The first-order valence-electron chi connectivity index (χ1n) is 6.28. The van der Waals surface area contributed by atoms with Crippen molar-refractivity contribution in [1.82, 2.24) is 5.06 Å². The summed E-state index contributed by atoms with van der Waals surface area (Å²) in [4.78, 5) is 16.6. The highest BCUT2D eigenvalue weighted by atomic mass is 16.7. The third kappa shape index (κ3) is 5.78. The van der Waals surface area contributed by atoms with E-state index in [1.807, 2.05) is 0 Å². The molecule has 1 saturated heterocycles. The van der Waals surface area contributed by atoms with Gasteiger partial charge in [0, 0.05) is 19.5 Å². The zero-order valence-corrected chi connectivity index (χ0v) is 9.83. The van der Waals surface area contributed by atoms with Crippen LogP contribution in [0.2, 0.25) is 0 Å². The molecule has 3 heteroatoms. The molecule has 0 radical (unpaired) electrons. The van der Waals surface area contributed by atoms with Gasteiger partial charge in [-0.25, -0.2) is 0 Å². The highest BCUT2D eigenvalue weighted by Crippen LogP contribution is 2.10. The zero-order valence-electron chi connectivity index (χ0n) is 9.83. The minimum absolute atomic E-state index is 0.0478. The van der Waals surface area contributed by atoms with E-state index in [0.29, 0.717) is 6.42 Å². The van der Waals surface area contributed by atoms with Crippen molar-refractivity contribution in [2.45, 2.75) is 58.3 Å². The normalized spacial score (nSPS) is 16.9. The van der Waals surface area contributed by atoms with Crippen LogP contribution in [0.25, 0.3) is 0 Å². The number of carbonyl (C=O) groups excluding carboxylic acids is 1. The van der Waals surface area contributed by atoms with Crippen LogP contribution in [0.15, 0.2) is 0 Å². The molecule has 0 spiro atoms. The van der Waals surface area contributed by atoms with Crippen LogP contribution in [0.3, 0.4) is 0 Å². The molecule has 1 aliphatic heterocycles. The molecular weight excluding hydrogens is 190 g/mol. The van der Waals surface area contributed by atoms with Crippen molar-refractivity contribution in [3.05, 3.63) is 0 Å². The van der Waals surface area contributed by atoms with Crippen molar-refractivity contribution in [3.63, 3.8) is 0 Å². The van der Waals surface area contributed by atoms with E-state index < -0.39 is 0 Å². The number of unbranched alkanes of at least 4 members (excludes halogenated alkanes) is 4. The van der Waals surface area contributed by atoms with E-state index in [1.54, 1.807) is 5.06 Å². The molecule has 88 valence electrons. The molecule has 0 bridgehead atoms. The second-order valence-electron chi connectivity index (χ2n) is 4.26. The average molecular weight is 213 g/mol. The lowest BCUT2D eigenvalue weighted by Crippen LogP contribution is -2.23. The maximum Gasteiger partial charge on any atom is 0.325 e. The lowest BCUT2D eigenvalue weighted by molar-refractivity contribution is -0.185. The van der Waals surface area contributed by atoms with Gasteiger partial charge in [0.05, 0.1) is 0 Å². The van der Waals surface area contributed by atoms with Gasteiger partial charge in [-0.15, -0.1) is 5.06 Å². The minimum atomic E-state index is -0.0478. The molecule has 1 fully saturated rings. The van der Waals surface area contributed by atoms with Crippen molar-refractivity contribution in [3.8, 4) is 0 Å². The van der Waals surface area contributed by atoms with Crippen LogP contribution in [0.5, 0.6) is 0 Å². The van der Waals surface area contributed by atoms with Gasteiger partial charge in [-0.1, -0.05) is 32.6 Å². The molecule has 0 aromatic carbocycles. The third-order valence-electron chi connectivity index (χ3n) is 2.78. The molecule has 0 N–H and O–H groups in total. The fraction of sp³-hybridized carbons (Fsp3) is 0.917. The van der Waals surface area contributed by atoms with Gasteiger partial charge in [0.2, 0.25) is 0 Å². The Morgan fingerprint density at radius 1 is 1.13 bits per heavy atom. The Morgan fingerprint density at radius 2 is 1.80 bits per heavy atom. The first kappa shape index (κ1) is 12.5. The number of rotatable bonds is 7. The van der Waals surface area contributed by atoms with Crippen molar-refractivity contribution in [2.75, 3.05) is 13.1 Å². The van der Waals surface area contributed by atoms with Gasteiger partial charge in [-0.2, -0.15) is 0 Å². The summed E-state index contributed by atoms with van der Waals surface area (Å²) in [6.45, 7) is 4.03. The van der Waals surface area contributed by atoms with Gasteiger partial charge in [-0.3, -0.25) is 4.79 Å². The van der Waals surface area contributed by atoms with Gasteiger partial charge >= 0.3 is 5.97 Å². The van der Waals surface area contributed by atoms with Gasteiger partial charge in [-0.05, 0) is 19.3 Å². The summed E-state index contributed by atoms with van der Waals surface area (Å²) >= 11 is 0. The van der Waals surface area contributed by atoms with Crippen molar-refractivity contribution < 1.29 is 9.63 Å². The Balaban J connectivity index is 1.93. The molecule has 0 unspecified atom stereocenters. The van der Waals surface area contributed by atoms with Gasteiger partial charge in [0.25, 0.3) is 0 Å². The number of hydrogen-bond acceptors (Lipinski definition) is 3. The van der Waals surface area contributed by atoms with Crippen LogP contribution in [0.4, 0.5) is 0 Å². The van der Waals surface area contributed by atoms with Crippen molar-refractivity contribution >= 4 is 5.97 Å². The second-order valence-corrected chi connectivity index (χ2v) is 4.26. The lowest BCUT2D eigenvalue weighted by Gasteiger charge is -2.13. The quantitative estimate of drug-likeness (QED) is 0.609. The summed E-state index contributed by atoms with van der Waals surface area (Å²) in [7, 11) is 0. The molecule has 0 atom stereocenters. The Hall–Kier alpha value is -0.570. The molecule has 3 nitrogen and oxygen atoms in total. The molecule has 0 aliphatic carbocycles. The van der Waals surface area contributed by atoms with Crippen LogP contribution in [-0.2, 0) is 9.63 Å². The van der Waals surface area contributed by atoms with E-state index in [1.165, 1.54) is 19.3 Å². The summed E-state index contributed by atoms with van der Waals surface area (Å²) in [5.74, 6) is -0.0478. The first-order chi connectivity index (χ1) is 7.33. The van der Waals surface area contributed by atoms with E-state index >= 15 is 0 Å². The third-order valence-corrected chi connectivity index (χ3v) is 2.78. The topological polar surface area (TPSA) is 29.5 Å². The molecule has 1 rings (SSSR count). The molecule has 0 amide bonds. The summed E-state index contributed by atoms with van der Waals surface area (Å²) in [5, 5.41) is 1.80. The molecule has 15 heavy (non-hydrogen) atoms. The number of hydroxylamine groups is 2. The number of carbonyl (C=O) groups is 1. The van der Waals surface area contributed by atoms with Crippen LogP contribution in [0.1, 0.15) is 58.3 Å². The molecule has 1 aliphatic rings. The Morgan fingerprint density at radius 3 is 2.47 bits per heavy atom. The van der Waals surface area contributed by atoms with Crippen molar-refractivity contribution in [1.29, 1.82) is 0 Å². The standard InChI is InChI=1S/C12H23NO2/c1-2-3-4-5-6-9-12(14)15-13-10-7-8-11-13/h2-11H2,1H3. The average Bonchev–Trinajstić information content (AvgIpc) is 2.70. The minimum Gasteiger partial charge on any atom is -0.368 e. The first-order valence-corrected chi connectivity index (χ1v) is 6.28. The summed E-state index contributed by atoms with van der Waals surface area (Å²) < 4.78 is 0. The second kappa shape index (κ2) is 7.69. The van der Waals surface area contributed by atoms with E-state index in [2.05, 4.69) is 6.92 Å². The zero-order chi connectivity index (χ0) is 10.9. The van der Waals surface area contributed by atoms with E-state index in [-0.39, 0.29) is 5.97 Å². The van der Waals surface area contributed by atoms with E-state index in [0.717, 1.165) is 38.8 Å². The van der Waals surface area contributed by atoms with Crippen LogP contribution in [0, 0.1) is 0 Å². The lowest BCUT2D eigenvalue weighted by atomic mass is 10.1. The largest absolute Gasteiger partial charge is 0.368 e. The summed E-state index contributed by atoms with van der Waals surface area (Å²) in [6, 6.07) is 0. The highest BCUT2D eigenvalue weighted by molar-refractivity contribution is 5.68. The maximum atomic E-state index is 11.4.